The SMILES string of the molecule is Cc1nnc(N2CCC(C(=O)NCCCN3CCCC3)CC2)c2nn(-c3ccccc3)c(C)c12. The average Bonchev–Trinajstić information content (AvgIpc) is 3.51. The van der Waals surface area contributed by atoms with Gasteiger partial charge in [0.15, 0.2) is 5.82 Å². The predicted octanol–water partition coefficient (Wildman–Crippen LogP) is 3.25. The molecule has 2 aliphatic rings. The molecular formula is C26H35N7O. The zero-order valence-electron chi connectivity index (χ0n) is 20.3. The molecule has 0 spiro atoms. The van der Waals surface area contributed by atoms with Crippen molar-refractivity contribution in [1.82, 2.24) is 30.2 Å². The second-order valence-corrected chi connectivity index (χ2v) is 9.62. The van der Waals surface area contributed by atoms with Crippen molar-refractivity contribution in [2.45, 2.75) is 46.0 Å². The zero-order valence-corrected chi connectivity index (χ0v) is 20.3. The smallest absolute Gasteiger partial charge is 0.223 e. The molecule has 8 nitrogen and oxygen atoms in total. The number of hydrogen-bond acceptors (Lipinski definition) is 6. The molecule has 5 rings (SSSR count). The molecule has 4 heterocycles. The molecule has 1 amide bonds. The second kappa shape index (κ2) is 10.1. The van der Waals surface area contributed by atoms with Gasteiger partial charge >= 0.3 is 0 Å². The Kier molecular flexibility index (Phi) is 6.76. The van der Waals surface area contributed by atoms with E-state index < -0.39 is 0 Å². The Morgan fingerprint density at radius 1 is 1.03 bits per heavy atom. The second-order valence-electron chi connectivity index (χ2n) is 9.62. The molecule has 0 bridgehead atoms. The Balaban J connectivity index is 1.23. The number of amides is 1. The van der Waals surface area contributed by atoms with Crippen LogP contribution in [0.3, 0.4) is 0 Å². The Morgan fingerprint density at radius 3 is 2.50 bits per heavy atom. The van der Waals surface area contributed by atoms with Gasteiger partial charge in [0, 0.05) is 25.6 Å². The molecule has 180 valence electrons. The first-order valence-corrected chi connectivity index (χ1v) is 12.6. The lowest BCUT2D eigenvalue weighted by Crippen LogP contribution is -2.41. The number of benzene rings is 1. The van der Waals surface area contributed by atoms with E-state index in [1.54, 1.807) is 0 Å². The Bertz CT molecular complexity index is 1130. The van der Waals surface area contributed by atoms with Crippen molar-refractivity contribution in [2.75, 3.05) is 44.2 Å². The molecule has 0 saturated carbocycles. The van der Waals surface area contributed by atoms with Crippen molar-refractivity contribution >= 4 is 22.6 Å². The number of hydrogen-bond donors (Lipinski definition) is 1. The number of fused-ring (bicyclic) bond motifs is 1. The molecule has 8 heteroatoms. The van der Waals surface area contributed by atoms with Gasteiger partial charge < -0.3 is 15.1 Å². The third kappa shape index (κ3) is 4.64. The van der Waals surface area contributed by atoms with Crippen LogP contribution >= 0.6 is 0 Å². The van der Waals surface area contributed by atoms with Gasteiger partial charge in [-0.25, -0.2) is 4.68 Å². The highest BCUT2D eigenvalue weighted by atomic mass is 16.1. The van der Waals surface area contributed by atoms with E-state index >= 15 is 0 Å². The van der Waals surface area contributed by atoms with Crippen molar-refractivity contribution in [3.05, 3.63) is 41.7 Å². The van der Waals surface area contributed by atoms with Gasteiger partial charge in [-0.3, -0.25) is 4.79 Å². The summed E-state index contributed by atoms with van der Waals surface area (Å²) in [6.07, 6.45) is 5.31. The summed E-state index contributed by atoms with van der Waals surface area (Å²) in [6.45, 7) is 9.94. The van der Waals surface area contributed by atoms with Crippen LogP contribution in [0.2, 0.25) is 0 Å². The maximum atomic E-state index is 12.7. The van der Waals surface area contributed by atoms with Gasteiger partial charge in [-0.05, 0) is 77.7 Å². The number of carbonyl (C=O) groups excluding carboxylic acids is 1. The molecule has 1 aromatic carbocycles. The fourth-order valence-electron chi connectivity index (χ4n) is 5.36. The topological polar surface area (TPSA) is 79.2 Å². The first-order chi connectivity index (χ1) is 16.6. The molecule has 1 N–H and O–H groups in total. The number of likely N-dealkylation sites (tertiary alicyclic amines) is 1. The number of carbonyl (C=O) groups is 1. The Labute approximate surface area is 201 Å². The summed E-state index contributed by atoms with van der Waals surface area (Å²) < 4.78 is 1.98. The van der Waals surface area contributed by atoms with Crippen LogP contribution < -0.4 is 10.2 Å². The molecule has 34 heavy (non-hydrogen) atoms. The summed E-state index contributed by atoms with van der Waals surface area (Å²) in [7, 11) is 0. The van der Waals surface area contributed by atoms with E-state index in [4.69, 9.17) is 5.10 Å². The largest absolute Gasteiger partial charge is 0.356 e. The fourth-order valence-corrected chi connectivity index (χ4v) is 5.36. The number of nitrogens with one attached hydrogen (secondary N) is 1. The lowest BCUT2D eigenvalue weighted by Gasteiger charge is -2.32. The van der Waals surface area contributed by atoms with Crippen LogP contribution in [0.25, 0.3) is 16.6 Å². The molecular weight excluding hydrogens is 426 g/mol. The highest BCUT2D eigenvalue weighted by Gasteiger charge is 2.28. The molecule has 0 atom stereocenters. The number of anilines is 1. The molecule has 0 unspecified atom stereocenters. The van der Waals surface area contributed by atoms with Crippen LogP contribution in [0.1, 0.15) is 43.5 Å². The van der Waals surface area contributed by atoms with E-state index in [9.17, 15) is 4.79 Å². The van der Waals surface area contributed by atoms with Crippen LogP contribution in [0.15, 0.2) is 30.3 Å². The van der Waals surface area contributed by atoms with Crippen LogP contribution in [0, 0.1) is 19.8 Å². The van der Waals surface area contributed by atoms with Gasteiger partial charge in [0.2, 0.25) is 5.91 Å². The normalized spacial score (nSPS) is 17.5. The number of para-hydroxylation sites is 1. The summed E-state index contributed by atoms with van der Waals surface area (Å²) in [6, 6.07) is 10.2. The summed E-state index contributed by atoms with van der Waals surface area (Å²) in [5.41, 5.74) is 3.87. The summed E-state index contributed by atoms with van der Waals surface area (Å²) >= 11 is 0. The standard InChI is InChI=1S/C26H35N7O/c1-19-23-20(2)33(22-9-4-3-5-10-22)30-24(23)25(29-28-19)32-17-11-21(12-18-32)26(34)27-13-8-16-31-14-6-7-15-31/h3-5,9-10,21H,6-8,11-18H2,1-2H3,(H,27,34). The predicted molar refractivity (Wildman–Crippen MR) is 134 cm³/mol. The van der Waals surface area contributed by atoms with Crippen molar-refractivity contribution in [3.63, 3.8) is 0 Å². The molecule has 0 aliphatic carbocycles. The minimum atomic E-state index is 0.0700. The zero-order chi connectivity index (χ0) is 23.5. The van der Waals surface area contributed by atoms with Gasteiger partial charge in [0.1, 0.15) is 5.52 Å². The Hall–Kier alpha value is -3.00. The molecule has 2 fully saturated rings. The molecule has 0 radical (unpaired) electrons. The third-order valence-electron chi connectivity index (χ3n) is 7.30. The van der Waals surface area contributed by atoms with Crippen molar-refractivity contribution in [1.29, 1.82) is 0 Å². The van der Waals surface area contributed by atoms with Gasteiger partial charge in [-0.2, -0.15) is 10.2 Å². The van der Waals surface area contributed by atoms with Crippen molar-refractivity contribution < 1.29 is 4.79 Å². The van der Waals surface area contributed by atoms with Crippen LogP contribution in [0.5, 0.6) is 0 Å². The number of nitrogens with zero attached hydrogens (tertiary/aromatic N) is 6. The summed E-state index contributed by atoms with van der Waals surface area (Å²) in [4.78, 5) is 17.5. The maximum absolute atomic E-state index is 12.7. The van der Waals surface area contributed by atoms with Crippen LogP contribution in [0.4, 0.5) is 5.82 Å². The van der Waals surface area contributed by atoms with Gasteiger partial charge in [-0.1, -0.05) is 18.2 Å². The van der Waals surface area contributed by atoms with E-state index in [1.165, 1.54) is 25.9 Å². The quantitative estimate of drug-likeness (QED) is 0.544. The number of aryl methyl sites for hydroxylation is 2. The first kappa shape index (κ1) is 22.8. The molecule has 2 saturated heterocycles. The van der Waals surface area contributed by atoms with Gasteiger partial charge in [-0.15, -0.1) is 5.10 Å². The van der Waals surface area contributed by atoms with Crippen LogP contribution in [-0.2, 0) is 4.79 Å². The van der Waals surface area contributed by atoms with E-state index in [1.807, 2.05) is 29.8 Å². The monoisotopic (exact) mass is 461 g/mol. The molecule has 3 aromatic rings. The third-order valence-corrected chi connectivity index (χ3v) is 7.30. The molecule has 2 aliphatic heterocycles. The van der Waals surface area contributed by atoms with Crippen molar-refractivity contribution in [2.24, 2.45) is 5.92 Å². The van der Waals surface area contributed by atoms with Crippen molar-refractivity contribution in [3.8, 4) is 5.69 Å². The molecule has 2 aromatic heterocycles. The minimum Gasteiger partial charge on any atom is -0.356 e. The minimum absolute atomic E-state index is 0.0700. The summed E-state index contributed by atoms with van der Waals surface area (Å²) in [5, 5.41) is 18.2. The lowest BCUT2D eigenvalue weighted by atomic mass is 9.95. The summed E-state index contributed by atoms with van der Waals surface area (Å²) in [5.74, 6) is 1.09. The Morgan fingerprint density at radius 2 is 1.76 bits per heavy atom. The van der Waals surface area contributed by atoms with Gasteiger partial charge in [0.25, 0.3) is 0 Å². The van der Waals surface area contributed by atoms with E-state index in [0.717, 1.165) is 79.2 Å². The highest BCUT2D eigenvalue weighted by molar-refractivity contribution is 5.92. The fraction of sp³-hybridized carbons (Fsp3) is 0.538. The number of piperidine rings is 1. The van der Waals surface area contributed by atoms with E-state index in [2.05, 4.69) is 44.4 Å². The average molecular weight is 462 g/mol. The first-order valence-electron chi connectivity index (χ1n) is 12.6. The van der Waals surface area contributed by atoms with E-state index in [-0.39, 0.29) is 11.8 Å². The number of aromatic nitrogens is 4. The van der Waals surface area contributed by atoms with Gasteiger partial charge in [0.05, 0.1) is 22.5 Å². The van der Waals surface area contributed by atoms with Crippen LogP contribution in [-0.4, -0.2) is 70.1 Å². The highest BCUT2D eigenvalue weighted by Crippen LogP contribution is 2.31. The number of rotatable bonds is 7. The lowest BCUT2D eigenvalue weighted by molar-refractivity contribution is -0.125. The maximum Gasteiger partial charge on any atom is 0.223 e. The van der Waals surface area contributed by atoms with E-state index in [0.29, 0.717) is 0 Å².